The SMILES string of the molecule is CC(NC(=O)c1c[nH]c2ccccc12)c1cccc(O)c1. The van der Waals surface area contributed by atoms with Crippen LogP contribution in [0.5, 0.6) is 5.75 Å². The molecule has 1 unspecified atom stereocenters. The molecule has 1 amide bonds. The largest absolute Gasteiger partial charge is 0.508 e. The van der Waals surface area contributed by atoms with Crippen LogP contribution in [0.3, 0.4) is 0 Å². The maximum Gasteiger partial charge on any atom is 0.253 e. The molecule has 0 fully saturated rings. The fourth-order valence-corrected chi connectivity index (χ4v) is 2.41. The Morgan fingerprint density at radius 3 is 2.81 bits per heavy atom. The van der Waals surface area contributed by atoms with Gasteiger partial charge in [0.1, 0.15) is 5.75 Å². The number of hydrogen-bond acceptors (Lipinski definition) is 2. The number of aromatic amines is 1. The zero-order chi connectivity index (χ0) is 14.8. The number of carbonyl (C=O) groups is 1. The van der Waals surface area contributed by atoms with Crippen LogP contribution in [0, 0.1) is 0 Å². The second kappa shape index (κ2) is 5.32. The zero-order valence-corrected chi connectivity index (χ0v) is 11.6. The molecular weight excluding hydrogens is 264 g/mol. The summed E-state index contributed by atoms with van der Waals surface area (Å²) >= 11 is 0. The van der Waals surface area contributed by atoms with Crippen molar-refractivity contribution in [2.75, 3.05) is 0 Å². The van der Waals surface area contributed by atoms with Gasteiger partial charge in [-0.3, -0.25) is 4.79 Å². The van der Waals surface area contributed by atoms with Gasteiger partial charge in [-0.25, -0.2) is 0 Å². The number of benzene rings is 2. The Morgan fingerprint density at radius 1 is 1.19 bits per heavy atom. The number of para-hydroxylation sites is 1. The van der Waals surface area contributed by atoms with Crippen LogP contribution in [-0.2, 0) is 0 Å². The quantitative estimate of drug-likeness (QED) is 0.688. The van der Waals surface area contributed by atoms with Crippen LogP contribution in [0.2, 0.25) is 0 Å². The molecule has 0 radical (unpaired) electrons. The number of aromatic nitrogens is 1. The Morgan fingerprint density at radius 2 is 2.00 bits per heavy atom. The van der Waals surface area contributed by atoms with Crippen molar-refractivity contribution in [1.82, 2.24) is 10.3 Å². The van der Waals surface area contributed by atoms with Crippen molar-refractivity contribution < 1.29 is 9.90 Å². The summed E-state index contributed by atoms with van der Waals surface area (Å²) in [7, 11) is 0. The monoisotopic (exact) mass is 280 g/mol. The molecule has 0 bridgehead atoms. The highest BCUT2D eigenvalue weighted by Crippen LogP contribution is 2.21. The Balaban J connectivity index is 1.83. The summed E-state index contributed by atoms with van der Waals surface area (Å²) in [6.45, 7) is 1.89. The highest BCUT2D eigenvalue weighted by Gasteiger charge is 2.15. The summed E-state index contributed by atoms with van der Waals surface area (Å²) in [5.41, 5.74) is 2.42. The topological polar surface area (TPSA) is 65.1 Å². The molecule has 1 heterocycles. The number of hydrogen-bond donors (Lipinski definition) is 3. The van der Waals surface area contributed by atoms with Crippen molar-refractivity contribution in [3.05, 3.63) is 65.9 Å². The van der Waals surface area contributed by atoms with Gasteiger partial charge in [0.15, 0.2) is 0 Å². The smallest absolute Gasteiger partial charge is 0.253 e. The Bertz CT molecular complexity index is 792. The Labute approximate surface area is 122 Å². The molecule has 0 aliphatic heterocycles. The lowest BCUT2D eigenvalue weighted by molar-refractivity contribution is 0.0941. The van der Waals surface area contributed by atoms with Gasteiger partial charge in [-0.05, 0) is 30.7 Å². The van der Waals surface area contributed by atoms with Crippen molar-refractivity contribution in [3.8, 4) is 5.75 Å². The molecule has 4 heteroatoms. The van der Waals surface area contributed by atoms with E-state index in [-0.39, 0.29) is 17.7 Å². The lowest BCUT2D eigenvalue weighted by atomic mass is 10.1. The van der Waals surface area contributed by atoms with Gasteiger partial charge in [0.2, 0.25) is 0 Å². The minimum atomic E-state index is -0.182. The van der Waals surface area contributed by atoms with Crippen molar-refractivity contribution in [3.63, 3.8) is 0 Å². The van der Waals surface area contributed by atoms with E-state index in [0.29, 0.717) is 5.56 Å². The van der Waals surface area contributed by atoms with E-state index >= 15 is 0 Å². The number of phenols is 1. The molecule has 0 aliphatic rings. The fraction of sp³-hybridized carbons (Fsp3) is 0.118. The lowest BCUT2D eigenvalue weighted by Crippen LogP contribution is -2.26. The molecule has 3 N–H and O–H groups in total. The molecule has 106 valence electrons. The standard InChI is InChI=1S/C17H16N2O2/c1-11(12-5-4-6-13(20)9-12)19-17(21)15-10-18-16-8-3-2-7-14(15)16/h2-11,18,20H,1H3,(H,19,21). The van der Waals surface area contributed by atoms with E-state index in [2.05, 4.69) is 10.3 Å². The summed E-state index contributed by atoms with van der Waals surface area (Å²) < 4.78 is 0. The number of aromatic hydroxyl groups is 1. The maximum atomic E-state index is 12.4. The third kappa shape index (κ3) is 2.60. The minimum Gasteiger partial charge on any atom is -0.508 e. The Hall–Kier alpha value is -2.75. The first-order valence-corrected chi connectivity index (χ1v) is 6.81. The van der Waals surface area contributed by atoms with Gasteiger partial charge < -0.3 is 15.4 Å². The second-order valence-electron chi connectivity index (χ2n) is 5.04. The van der Waals surface area contributed by atoms with Gasteiger partial charge in [-0.1, -0.05) is 30.3 Å². The van der Waals surface area contributed by atoms with Crippen molar-refractivity contribution in [2.24, 2.45) is 0 Å². The fourth-order valence-electron chi connectivity index (χ4n) is 2.41. The summed E-state index contributed by atoms with van der Waals surface area (Å²) in [5.74, 6) is 0.0592. The molecular formula is C17H16N2O2. The Kier molecular flexibility index (Phi) is 3.36. The van der Waals surface area contributed by atoms with Crippen LogP contribution < -0.4 is 5.32 Å². The van der Waals surface area contributed by atoms with E-state index in [1.807, 2.05) is 37.3 Å². The van der Waals surface area contributed by atoms with Crippen LogP contribution in [0.15, 0.2) is 54.7 Å². The lowest BCUT2D eigenvalue weighted by Gasteiger charge is -2.14. The van der Waals surface area contributed by atoms with Crippen LogP contribution in [-0.4, -0.2) is 16.0 Å². The number of rotatable bonds is 3. The second-order valence-corrected chi connectivity index (χ2v) is 5.04. The molecule has 3 rings (SSSR count). The van der Waals surface area contributed by atoms with Crippen LogP contribution in [0.25, 0.3) is 10.9 Å². The molecule has 0 spiro atoms. The summed E-state index contributed by atoms with van der Waals surface area (Å²) in [4.78, 5) is 15.5. The van der Waals surface area contributed by atoms with E-state index in [4.69, 9.17) is 0 Å². The van der Waals surface area contributed by atoms with Gasteiger partial charge in [0.25, 0.3) is 5.91 Å². The van der Waals surface area contributed by atoms with E-state index in [9.17, 15) is 9.90 Å². The van der Waals surface area contributed by atoms with Gasteiger partial charge in [0, 0.05) is 17.1 Å². The van der Waals surface area contributed by atoms with Gasteiger partial charge >= 0.3 is 0 Å². The summed E-state index contributed by atoms with van der Waals surface area (Å²) in [6, 6.07) is 14.4. The first-order chi connectivity index (χ1) is 10.1. The van der Waals surface area contributed by atoms with Gasteiger partial charge in [-0.15, -0.1) is 0 Å². The number of carbonyl (C=O) groups excluding carboxylic acids is 1. The number of nitrogens with one attached hydrogen (secondary N) is 2. The molecule has 0 aliphatic carbocycles. The summed E-state index contributed by atoms with van der Waals surface area (Å²) in [6.07, 6.45) is 1.72. The molecule has 3 aromatic rings. The molecule has 1 atom stereocenters. The third-order valence-electron chi connectivity index (χ3n) is 3.55. The predicted molar refractivity (Wildman–Crippen MR) is 82.3 cm³/mol. The van der Waals surface area contributed by atoms with Gasteiger partial charge in [0.05, 0.1) is 11.6 Å². The molecule has 1 aromatic heterocycles. The van der Waals surface area contributed by atoms with Crippen molar-refractivity contribution >= 4 is 16.8 Å². The van der Waals surface area contributed by atoms with Crippen molar-refractivity contribution in [2.45, 2.75) is 13.0 Å². The third-order valence-corrected chi connectivity index (χ3v) is 3.55. The number of fused-ring (bicyclic) bond motifs is 1. The first kappa shape index (κ1) is 13.2. The highest BCUT2D eigenvalue weighted by atomic mass is 16.3. The van der Waals surface area contributed by atoms with Crippen molar-refractivity contribution in [1.29, 1.82) is 0 Å². The van der Waals surface area contributed by atoms with E-state index in [0.717, 1.165) is 16.5 Å². The first-order valence-electron chi connectivity index (χ1n) is 6.81. The number of amides is 1. The average molecular weight is 280 g/mol. The molecule has 0 saturated heterocycles. The van der Waals surface area contributed by atoms with E-state index in [1.165, 1.54) is 0 Å². The van der Waals surface area contributed by atoms with E-state index < -0.39 is 0 Å². The summed E-state index contributed by atoms with van der Waals surface area (Å²) in [5, 5.41) is 13.4. The van der Waals surface area contributed by atoms with E-state index in [1.54, 1.807) is 24.4 Å². The van der Waals surface area contributed by atoms with Gasteiger partial charge in [-0.2, -0.15) is 0 Å². The minimum absolute atomic E-state index is 0.136. The van der Waals surface area contributed by atoms with Crippen LogP contribution in [0.4, 0.5) is 0 Å². The maximum absolute atomic E-state index is 12.4. The highest BCUT2D eigenvalue weighted by molar-refractivity contribution is 6.06. The predicted octanol–water partition coefficient (Wildman–Crippen LogP) is 3.36. The molecule has 21 heavy (non-hydrogen) atoms. The number of phenolic OH excluding ortho intramolecular Hbond substituents is 1. The molecule has 4 nitrogen and oxygen atoms in total. The molecule has 2 aromatic carbocycles. The van der Waals surface area contributed by atoms with Crippen LogP contribution >= 0.6 is 0 Å². The average Bonchev–Trinajstić information content (AvgIpc) is 2.91. The molecule has 0 saturated carbocycles. The zero-order valence-electron chi connectivity index (χ0n) is 11.6. The number of H-pyrrole nitrogens is 1. The normalized spacial score (nSPS) is 12.2. The van der Waals surface area contributed by atoms with Crippen LogP contribution in [0.1, 0.15) is 28.9 Å².